The minimum Gasteiger partial charge on any atom is -0.379 e. The molecule has 0 atom stereocenters. The van der Waals surface area contributed by atoms with Crippen LogP contribution in [0, 0.1) is 0 Å². The molecule has 0 aromatic carbocycles. The van der Waals surface area contributed by atoms with Gasteiger partial charge in [0.1, 0.15) is 13.2 Å². The van der Waals surface area contributed by atoms with Gasteiger partial charge in [-0.25, -0.2) is 0 Å². The van der Waals surface area contributed by atoms with E-state index in [9.17, 15) is 9.59 Å². The SMILES string of the molecule is CC.CC(C)OCCCCCCCCNC(=O)COC(C)C.CCCNCCCCCCCCNC(=O)COC(C)C.[HH].[HH].[HH]. The molecule has 0 aromatic rings. The van der Waals surface area contributed by atoms with Gasteiger partial charge in [0.25, 0.3) is 0 Å². The molecule has 0 aliphatic rings. The fraction of sp³-hybridized carbons (Fsp3) is 0.941. The zero-order chi connectivity index (χ0) is 32.3. The second kappa shape index (κ2) is 37.8. The third-order valence-electron chi connectivity index (χ3n) is 5.97. The highest BCUT2D eigenvalue weighted by Crippen LogP contribution is 2.06. The molecule has 0 heterocycles. The Kier molecular flexibility index (Phi) is 40.7. The van der Waals surface area contributed by atoms with E-state index < -0.39 is 0 Å². The van der Waals surface area contributed by atoms with Crippen LogP contribution < -0.4 is 16.0 Å². The van der Waals surface area contributed by atoms with Gasteiger partial charge in [-0.15, -0.1) is 0 Å². The molecule has 260 valence electrons. The molecule has 0 fully saturated rings. The number of hydrogen-bond donors (Lipinski definition) is 3. The number of carbonyl (C=O) groups excluding carboxylic acids is 2. The van der Waals surface area contributed by atoms with E-state index in [0.29, 0.717) is 6.10 Å². The lowest BCUT2D eigenvalue weighted by Crippen LogP contribution is -2.29. The first-order valence-corrected chi connectivity index (χ1v) is 17.3. The standard InChI is InChI=1S/C16H34N2O2.C16H33NO3.C2H6.3H2/c1-4-11-17-12-9-7-5-6-8-10-13-18-16(19)14-20-15(2)3;1-14(2)19-12-10-8-6-5-7-9-11-17-16(18)13-20-15(3)4;1-2;;;/h15,17H,4-14H2,1-3H3,(H,18,19);14-15H,5-13H2,1-4H3,(H,17,18);1-2H3;3*1H. The summed E-state index contributed by atoms with van der Waals surface area (Å²) in [5.41, 5.74) is 0. The van der Waals surface area contributed by atoms with Crippen LogP contribution in [0.1, 0.15) is 150 Å². The molecule has 0 bridgehead atoms. The predicted octanol–water partition coefficient (Wildman–Crippen LogP) is 7.93. The number of carbonyl (C=O) groups is 2. The third kappa shape index (κ3) is 45.8. The number of nitrogens with one attached hydrogen (secondary N) is 3. The summed E-state index contributed by atoms with van der Waals surface area (Å²) in [5.74, 6) is -0.00904. The van der Waals surface area contributed by atoms with Gasteiger partial charge in [-0.05, 0) is 86.7 Å². The summed E-state index contributed by atoms with van der Waals surface area (Å²) >= 11 is 0. The highest BCUT2D eigenvalue weighted by molar-refractivity contribution is 5.77. The quantitative estimate of drug-likeness (QED) is 0.0819. The van der Waals surface area contributed by atoms with Crippen molar-refractivity contribution in [3.8, 4) is 0 Å². The van der Waals surface area contributed by atoms with Crippen LogP contribution in [0.2, 0.25) is 0 Å². The second-order valence-electron chi connectivity index (χ2n) is 11.3. The van der Waals surface area contributed by atoms with Gasteiger partial charge in [0, 0.05) is 24.0 Å². The summed E-state index contributed by atoms with van der Waals surface area (Å²) < 4.78 is 16.0. The molecule has 0 saturated carbocycles. The van der Waals surface area contributed by atoms with E-state index in [2.05, 4.69) is 36.7 Å². The number of rotatable bonds is 27. The van der Waals surface area contributed by atoms with Gasteiger partial charge in [-0.1, -0.05) is 72.1 Å². The fourth-order valence-electron chi connectivity index (χ4n) is 3.68. The van der Waals surface area contributed by atoms with Gasteiger partial charge in [-0.2, -0.15) is 0 Å². The van der Waals surface area contributed by atoms with Crippen molar-refractivity contribution in [2.45, 2.75) is 164 Å². The van der Waals surface area contributed by atoms with Gasteiger partial charge >= 0.3 is 0 Å². The molecule has 0 unspecified atom stereocenters. The summed E-state index contributed by atoms with van der Waals surface area (Å²) in [6, 6.07) is 0. The Bertz CT molecular complexity index is 561. The first kappa shape index (κ1) is 45.2. The van der Waals surface area contributed by atoms with Crippen LogP contribution in [-0.4, -0.2) is 76.1 Å². The third-order valence-corrected chi connectivity index (χ3v) is 5.97. The van der Waals surface area contributed by atoms with Gasteiger partial charge in [0.05, 0.1) is 18.3 Å². The van der Waals surface area contributed by atoms with Crippen molar-refractivity contribution in [2.75, 3.05) is 46.0 Å². The van der Waals surface area contributed by atoms with E-state index in [4.69, 9.17) is 14.2 Å². The topological polar surface area (TPSA) is 97.9 Å². The maximum atomic E-state index is 11.4. The molecule has 0 aliphatic carbocycles. The molecular formula is C34H79N3O5. The Morgan fingerprint density at radius 2 is 0.881 bits per heavy atom. The van der Waals surface area contributed by atoms with E-state index in [1.165, 1.54) is 64.2 Å². The van der Waals surface area contributed by atoms with Crippen LogP contribution in [0.4, 0.5) is 0 Å². The molecule has 8 heteroatoms. The summed E-state index contributed by atoms with van der Waals surface area (Å²) in [6.07, 6.45) is 16.3. The van der Waals surface area contributed by atoms with Crippen LogP contribution >= 0.6 is 0 Å². The Hall–Kier alpha value is -1.22. The molecule has 42 heavy (non-hydrogen) atoms. The monoisotopic (exact) mass is 610 g/mol. The molecule has 2 amide bonds. The molecule has 0 radical (unpaired) electrons. The Morgan fingerprint density at radius 1 is 0.524 bits per heavy atom. The smallest absolute Gasteiger partial charge is 0.246 e. The lowest BCUT2D eigenvalue weighted by molar-refractivity contribution is -0.127. The van der Waals surface area contributed by atoms with Crippen molar-refractivity contribution in [2.24, 2.45) is 0 Å². The van der Waals surface area contributed by atoms with Crippen molar-refractivity contribution in [3.63, 3.8) is 0 Å². The predicted molar refractivity (Wildman–Crippen MR) is 186 cm³/mol. The van der Waals surface area contributed by atoms with Crippen LogP contribution in [0.5, 0.6) is 0 Å². The Labute approximate surface area is 266 Å². The molecular weight excluding hydrogens is 530 g/mol. The highest BCUT2D eigenvalue weighted by atomic mass is 16.5. The van der Waals surface area contributed by atoms with Gasteiger partial charge in [0.15, 0.2) is 0 Å². The number of unbranched alkanes of at least 4 members (excludes halogenated alkanes) is 10. The van der Waals surface area contributed by atoms with Crippen molar-refractivity contribution >= 4 is 11.8 Å². The highest BCUT2D eigenvalue weighted by Gasteiger charge is 2.03. The minimum atomic E-state index is -0.00969. The molecule has 8 nitrogen and oxygen atoms in total. The molecule has 0 rings (SSSR count). The average Bonchev–Trinajstić information content (AvgIpc) is 2.96. The average molecular weight is 610 g/mol. The van der Waals surface area contributed by atoms with Gasteiger partial charge < -0.3 is 30.2 Å². The number of ether oxygens (including phenoxy) is 3. The van der Waals surface area contributed by atoms with Crippen molar-refractivity contribution in [1.82, 2.24) is 16.0 Å². The van der Waals surface area contributed by atoms with Crippen molar-refractivity contribution < 1.29 is 28.1 Å². The van der Waals surface area contributed by atoms with Crippen molar-refractivity contribution in [3.05, 3.63) is 0 Å². The van der Waals surface area contributed by atoms with E-state index in [1.54, 1.807) is 0 Å². The van der Waals surface area contributed by atoms with E-state index in [-0.39, 0.29) is 41.5 Å². The van der Waals surface area contributed by atoms with Gasteiger partial charge in [-0.3, -0.25) is 9.59 Å². The molecule has 0 aliphatic heterocycles. The lowest BCUT2D eigenvalue weighted by Gasteiger charge is -2.08. The first-order chi connectivity index (χ1) is 20.2. The lowest BCUT2D eigenvalue weighted by atomic mass is 10.1. The molecule has 0 saturated heterocycles. The molecule has 0 spiro atoms. The maximum absolute atomic E-state index is 11.4. The fourth-order valence-corrected chi connectivity index (χ4v) is 3.68. The summed E-state index contributed by atoms with van der Waals surface area (Å²) in [6.45, 7) is 23.1. The van der Waals surface area contributed by atoms with Crippen LogP contribution in [-0.2, 0) is 23.8 Å². The summed E-state index contributed by atoms with van der Waals surface area (Å²) in [5, 5.41) is 9.19. The van der Waals surface area contributed by atoms with E-state index in [0.717, 1.165) is 52.0 Å². The summed E-state index contributed by atoms with van der Waals surface area (Å²) in [4.78, 5) is 22.7. The van der Waals surface area contributed by atoms with E-state index in [1.807, 2.05) is 41.5 Å². The Morgan fingerprint density at radius 3 is 1.26 bits per heavy atom. The van der Waals surface area contributed by atoms with Gasteiger partial charge in [0.2, 0.25) is 11.8 Å². The van der Waals surface area contributed by atoms with Crippen LogP contribution in [0.15, 0.2) is 0 Å². The minimum absolute atomic E-state index is 0. The number of hydrogen-bond acceptors (Lipinski definition) is 6. The molecule has 0 aromatic heterocycles. The van der Waals surface area contributed by atoms with E-state index >= 15 is 0 Å². The van der Waals surface area contributed by atoms with Crippen LogP contribution in [0.3, 0.4) is 0 Å². The first-order valence-electron chi connectivity index (χ1n) is 17.3. The Balaban J connectivity index is -0.000000150. The summed E-state index contributed by atoms with van der Waals surface area (Å²) in [7, 11) is 0. The second-order valence-corrected chi connectivity index (χ2v) is 11.3. The molecule has 3 N–H and O–H groups in total. The zero-order valence-corrected chi connectivity index (χ0v) is 29.4. The zero-order valence-electron chi connectivity index (χ0n) is 29.4. The maximum Gasteiger partial charge on any atom is 0.246 e. The number of amides is 2. The van der Waals surface area contributed by atoms with Crippen LogP contribution in [0.25, 0.3) is 0 Å². The largest absolute Gasteiger partial charge is 0.379 e. The normalized spacial score (nSPS) is 10.8. The van der Waals surface area contributed by atoms with Crippen molar-refractivity contribution in [1.29, 1.82) is 0 Å².